The van der Waals surface area contributed by atoms with Gasteiger partial charge in [0.05, 0.1) is 60.3 Å². The molecule has 82 heavy (non-hydrogen) atoms. The van der Waals surface area contributed by atoms with Gasteiger partial charge in [-0.2, -0.15) is 0 Å². The number of ether oxygens (including phenoxy) is 4. The summed E-state index contributed by atoms with van der Waals surface area (Å²) in [4.78, 5) is 78.5. The van der Waals surface area contributed by atoms with E-state index in [0.29, 0.717) is 56.4 Å². The van der Waals surface area contributed by atoms with Gasteiger partial charge >= 0.3 is 23.9 Å². The highest BCUT2D eigenvalue weighted by atomic mass is 32.3. The van der Waals surface area contributed by atoms with Crippen molar-refractivity contribution >= 4 is 200 Å². The van der Waals surface area contributed by atoms with Crippen LogP contribution in [0.25, 0.3) is 24.3 Å². The summed E-state index contributed by atoms with van der Waals surface area (Å²) in [5.74, 6) is 11.1. The first-order valence-electron chi connectivity index (χ1n) is 25.4. The van der Waals surface area contributed by atoms with Crippen LogP contribution in [0.1, 0.15) is 112 Å². The highest BCUT2D eigenvalue weighted by molar-refractivity contribution is 8.43. The maximum absolute atomic E-state index is 13.5. The van der Waals surface area contributed by atoms with Crippen molar-refractivity contribution in [3.05, 3.63) is 159 Å². The van der Waals surface area contributed by atoms with Crippen LogP contribution in [0.5, 0.6) is 0 Å². The lowest BCUT2D eigenvalue weighted by Crippen LogP contribution is -2.12. The zero-order valence-electron chi connectivity index (χ0n) is 45.7. The Morgan fingerprint density at radius 2 is 0.707 bits per heavy atom. The summed E-state index contributed by atoms with van der Waals surface area (Å²) >= 11 is 16.7. The van der Waals surface area contributed by atoms with Crippen molar-refractivity contribution in [3.63, 3.8) is 0 Å². The van der Waals surface area contributed by atoms with Gasteiger partial charge in [-0.3, -0.25) is 9.59 Å². The molecule has 0 N–H and O–H groups in total. The second-order valence-electron chi connectivity index (χ2n) is 17.0. The van der Waals surface area contributed by atoms with Crippen LogP contribution in [0.2, 0.25) is 0 Å². The maximum Gasteiger partial charge on any atom is 0.346 e. The molecule has 0 atom stereocenters. The zero-order valence-corrected chi connectivity index (χ0v) is 55.5. The number of hydrogen-bond donors (Lipinski definition) is 0. The molecule has 0 saturated heterocycles. The summed E-state index contributed by atoms with van der Waals surface area (Å²) in [7, 11) is 0. The topological polar surface area (TPSA) is 139 Å². The smallest absolute Gasteiger partial charge is 0.346 e. The fraction of sp³-hybridized carbons (Fsp3) is 0.267. The molecule has 0 bridgehead atoms. The highest BCUT2D eigenvalue weighted by Crippen LogP contribution is 2.59. The third-order valence-electron chi connectivity index (χ3n) is 10.5. The van der Waals surface area contributed by atoms with Gasteiger partial charge in [0.15, 0.2) is 10.2 Å². The molecule has 0 aromatic heterocycles. The number of rotatable bonds is 20. The fourth-order valence-corrected chi connectivity index (χ4v) is 21.6. The second kappa shape index (κ2) is 33.1. The van der Waals surface area contributed by atoms with Gasteiger partial charge in [-0.25, -0.2) is 19.2 Å². The monoisotopic (exact) mass is 1320 g/mol. The van der Waals surface area contributed by atoms with Gasteiger partial charge in [-0.15, -0.1) is 23.5 Å². The van der Waals surface area contributed by atoms with E-state index in [9.17, 15) is 28.8 Å². The summed E-state index contributed by atoms with van der Waals surface area (Å²) in [6.45, 7) is 11.5. The average molecular weight is 1320 g/mol. The Hall–Kier alpha value is -3.88. The number of carbonyl (C=O) groups excluding carboxylic acids is 6. The Morgan fingerprint density at radius 1 is 0.415 bits per heavy atom. The first-order valence-corrected chi connectivity index (χ1v) is 36.1. The van der Waals surface area contributed by atoms with E-state index in [-0.39, 0.29) is 56.3 Å². The third-order valence-corrected chi connectivity index (χ3v) is 25.2. The summed E-state index contributed by atoms with van der Waals surface area (Å²) < 4.78 is 29.7. The summed E-state index contributed by atoms with van der Waals surface area (Å²) in [6.07, 6.45) is 14.3. The normalized spacial score (nSPS) is 15.9. The standard InChI is InChI=1S/C60H54O10S12/c1-9-25-67-53(63)49-50(54(64)68-26-10-2)76-47(75-49)33-43-31-42(24-22-38-15-19-40(20-16-38)30-46-80-58(72-8)60(82-46)74-36(6)62)44(34-48-77-51(55(65)69-27-11-3)52(78-48)56(66)70-28-12-4)32-41(43)23-21-37-13-17-39(18-14-37)29-45-79-57(71-7)59(81-45)73-35(5)61/h13-20,29-34H,9-12,25-28H2,1-8H3/b45-29-,46-30+. The lowest BCUT2D eigenvalue weighted by Gasteiger charge is -2.09. The minimum Gasteiger partial charge on any atom is -0.462 e. The van der Waals surface area contributed by atoms with Crippen molar-refractivity contribution in [1.29, 1.82) is 0 Å². The molecule has 3 aromatic carbocycles. The molecule has 4 heterocycles. The molecule has 0 aliphatic carbocycles. The van der Waals surface area contributed by atoms with Crippen LogP contribution in [-0.2, 0) is 47.7 Å². The van der Waals surface area contributed by atoms with E-state index in [0.717, 1.165) is 94.7 Å². The second-order valence-corrected chi connectivity index (χ2v) is 31.5. The molecule has 22 heteroatoms. The van der Waals surface area contributed by atoms with Crippen LogP contribution >= 0.6 is 141 Å². The van der Waals surface area contributed by atoms with E-state index >= 15 is 0 Å². The van der Waals surface area contributed by atoms with Gasteiger partial charge < -0.3 is 18.9 Å². The van der Waals surface area contributed by atoms with Gasteiger partial charge in [0.1, 0.15) is 19.6 Å². The maximum atomic E-state index is 13.5. The Balaban J connectivity index is 1.33. The minimum absolute atomic E-state index is 0.0412. The SMILES string of the molecule is CCCOC(=O)C1=C(C(=O)OCCC)SC(=Cc2cc(C#Cc3ccc(/C=C4\SC(SC)=C(SC(C)=O)S4)cc3)c(C=C3SC(C(=O)OCCC)=C(C(=O)OCCC)S3)cc2C#Cc2ccc(/C=C3/SC(SC)=C(SC(C)=O)S3)cc2)S1. The van der Waals surface area contributed by atoms with Gasteiger partial charge in [0.2, 0.25) is 0 Å². The van der Waals surface area contributed by atoms with Crippen LogP contribution in [0.15, 0.2) is 114 Å². The number of carbonyl (C=O) groups is 6. The van der Waals surface area contributed by atoms with E-state index in [1.54, 1.807) is 84.4 Å². The van der Waals surface area contributed by atoms with Gasteiger partial charge in [-0.05, 0) is 145 Å². The van der Waals surface area contributed by atoms with Crippen molar-refractivity contribution in [1.82, 2.24) is 0 Å². The quantitative estimate of drug-likeness (QED) is 0.0601. The molecule has 3 aromatic rings. The Bertz CT molecular complexity index is 3120. The number of thioether (sulfide) groups is 12. The van der Waals surface area contributed by atoms with E-state index in [4.69, 9.17) is 18.9 Å². The van der Waals surface area contributed by atoms with Gasteiger partial charge in [0.25, 0.3) is 0 Å². The number of benzene rings is 3. The molecule has 426 valence electrons. The Kier molecular flexibility index (Phi) is 26.5. The molecular weight excluding hydrogens is 1270 g/mol. The largest absolute Gasteiger partial charge is 0.462 e. The minimum atomic E-state index is -0.613. The van der Waals surface area contributed by atoms with Crippen LogP contribution < -0.4 is 0 Å². The van der Waals surface area contributed by atoms with E-state index in [1.165, 1.54) is 23.5 Å². The van der Waals surface area contributed by atoms with Crippen molar-refractivity contribution in [3.8, 4) is 23.7 Å². The first kappa shape index (κ1) is 65.7. The summed E-state index contributed by atoms with van der Waals surface area (Å²) in [5, 5.41) is 0.0824. The molecule has 0 fully saturated rings. The lowest BCUT2D eigenvalue weighted by atomic mass is 9.97. The van der Waals surface area contributed by atoms with Crippen molar-refractivity contribution < 1.29 is 47.7 Å². The Morgan fingerprint density at radius 3 is 0.988 bits per heavy atom. The third kappa shape index (κ3) is 19.1. The van der Waals surface area contributed by atoms with E-state index < -0.39 is 23.9 Å². The number of esters is 4. The predicted molar refractivity (Wildman–Crippen MR) is 361 cm³/mol. The molecule has 0 radical (unpaired) electrons. The zero-order chi connectivity index (χ0) is 58.7. The summed E-state index contributed by atoms with van der Waals surface area (Å²) in [5.41, 5.74) is 5.84. The summed E-state index contributed by atoms with van der Waals surface area (Å²) in [6, 6.07) is 19.6. The molecule has 0 amide bonds. The van der Waals surface area contributed by atoms with Crippen molar-refractivity contribution in [2.75, 3.05) is 38.9 Å². The fourth-order valence-electron chi connectivity index (χ4n) is 6.87. The average Bonchev–Trinajstić information content (AvgIpc) is 4.36. The van der Waals surface area contributed by atoms with Crippen LogP contribution in [0, 0.1) is 23.7 Å². The van der Waals surface area contributed by atoms with Crippen LogP contribution in [0.3, 0.4) is 0 Å². The molecule has 7 rings (SSSR count). The molecule has 0 saturated carbocycles. The molecule has 4 aliphatic heterocycles. The molecule has 10 nitrogen and oxygen atoms in total. The van der Waals surface area contributed by atoms with Gasteiger partial charge in [0, 0.05) is 36.1 Å². The highest BCUT2D eigenvalue weighted by Gasteiger charge is 2.35. The number of hydrogen-bond acceptors (Lipinski definition) is 22. The molecular formula is C60H54O10S12. The molecule has 0 spiro atoms. The van der Waals surface area contributed by atoms with Crippen LogP contribution in [-0.4, -0.2) is 73.0 Å². The predicted octanol–water partition coefficient (Wildman–Crippen LogP) is 17.4. The van der Waals surface area contributed by atoms with Gasteiger partial charge in [-0.1, -0.05) is 170 Å². The molecule has 4 aliphatic rings. The van der Waals surface area contributed by atoms with Crippen molar-refractivity contribution in [2.45, 2.75) is 67.2 Å². The van der Waals surface area contributed by atoms with Crippen LogP contribution in [0.4, 0.5) is 0 Å². The van der Waals surface area contributed by atoms with E-state index in [2.05, 4.69) is 35.8 Å². The first-order chi connectivity index (χ1) is 39.6. The van der Waals surface area contributed by atoms with Crippen molar-refractivity contribution in [2.24, 2.45) is 0 Å². The molecule has 0 unspecified atom stereocenters. The Labute approximate surface area is 530 Å². The lowest BCUT2D eigenvalue weighted by molar-refractivity contribution is -0.141. The van der Waals surface area contributed by atoms with E-state index in [1.807, 2.05) is 113 Å².